The highest BCUT2D eigenvalue weighted by Gasteiger charge is 2.29. The predicted octanol–water partition coefficient (Wildman–Crippen LogP) is 4.25. The van der Waals surface area contributed by atoms with Crippen molar-refractivity contribution in [1.29, 1.82) is 0 Å². The molecule has 1 aromatic heterocycles. The maximum absolute atomic E-state index is 12.5. The second-order valence-corrected chi connectivity index (χ2v) is 8.12. The third-order valence-electron chi connectivity index (χ3n) is 6.08. The van der Waals surface area contributed by atoms with Crippen molar-refractivity contribution in [2.45, 2.75) is 31.8 Å². The highest BCUT2D eigenvalue weighted by Crippen LogP contribution is 2.44. The Hall–Kier alpha value is -4.07. The Balaban J connectivity index is 1.33. The number of carboxylic acids is 1. The maximum atomic E-state index is 12.5. The number of furan rings is 1. The molecule has 8 nitrogen and oxygen atoms in total. The van der Waals surface area contributed by atoms with Gasteiger partial charge in [0.2, 0.25) is 0 Å². The van der Waals surface area contributed by atoms with E-state index in [4.69, 9.17) is 9.15 Å². The molecule has 1 heterocycles. The summed E-state index contributed by atoms with van der Waals surface area (Å²) in [7, 11) is 1.42. The number of carbonyl (C=O) groups is 3. The van der Waals surface area contributed by atoms with E-state index in [1.54, 1.807) is 13.0 Å². The van der Waals surface area contributed by atoms with Crippen LogP contribution >= 0.6 is 0 Å². The molecule has 1 aliphatic carbocycles. The summed E-state index contributed by atoms with van der Waals surface area (Å²) in [5.41, 5.74) is 4.55. The molecule has 0 saturated carbocycles. The summed E-state index contributed by atoms with van der Waals surface area (Å²) in [4.78, 5) is 37.3. The molecule has 1 unspecified atom stereocenters. The number of hydrogen-bond acceptors (Lipinski definition) is 5. The molecule has 1 atom stereocenters. The molecule has 8 heteroatoms. The molecule has 2 aromatic carbocycles. The largest absolute Gasteiger partial charge is 0.480 e. The Bertz CT molecular complexity index is 1170. The number of ether oxygens (including phenoxy) is 1. The lowest BCUT2D eigenvalue weighted by Gasteiger charge is -2.22. The van der Waals surface area contributed by atoms with Crippen LogP contribution in [0.5, 0.6) is 0 Å². The van der Waals surface area contributed by atoms with E-state index in [2.05, 4.69) is 17.4 Å². The van der Waals surface area contributed by atoms with Gasteiger partial charge in [-0.2, -0.15) is 0 Å². The van der Waals surface area contributed by atoms with Crippen molar-refractivity contribution in [3.8, 4) is 11.1 Å². The van der Waals surface area contributed by atoms with Crippen molar-refractivity contribution in [3.63, 3.8) is 0 Å². The lowest BCUT2D eigenvalue weighted by molar-refractivity contribution is -0.142. The number of benzene rings is 2. The Labute approximate surface area is 197 Å². The second-order valence-electron chi connectivity index (χ2n) is 8.12. The maximum Gasteiger partial charge on any atom is 0.407 e. The van der Waals surface area contributed by atoms with Crippen LogP contribution in [0.1, 0.15) is 46.7 Å². The molecule has 34 heavy (non-hydrogen) atoms. The van der Waals surface area contributed by atoms with E-state index in [-0.39, 0.29) is 31.3 Å². The average Bonchev–Trinajstić information content (AvgIpc) is 3.44. The van der Waals surface area contributed by atoms with Crippen molar-refractivity contribution >= 4 is 18.0 Å². The van der Waals surface area contributed by atoms with Crippen molar-refractivity contribution in [2.75, 3.05) is 13.7 Å². The molecule has 4 rings (SSSR count). The summed E-state index contributed by atoms with van der Waals surface area (Å²) >= 11 is 0. The number of carboxylic acid groups (broad SMARTS) is 1. The molecule has 2 N–H and O–H groups in total. The third kappa shape index (κ3) is 4.52. The van der Waals surface area contributed by atoms with Gasteiger partial charge < -0.3 is 24.5 Å². The molecule has 2 amide bonds. The number of alkyl carbamates (subject to hydrolysis) is 1. The standard InChI is InChI=1S/C26H26N2O6/c1-3-22(25(30)31)28(2)24(29)23-13-12-16(34-23)14-27-26(32)33-15-21-19-10-6-4-8-17(19)18-9-5-7-11-20(18)21/h4-13,21-22H,3,14-15H2,1-2H3,(H,27,32)(H,30,31). The lowest BCUT2D eigenvalue weighted by atomic mass is 9.98. The topological polar surface area (TPSA) is 109 Å². The highest BCUT2D eigenvalue weighted by atomic mass is 16.5. The summed E-state index contributed by atoms with van der Waals surface area (Å²) in [6, 6.07) is 18.3. The van der Waals surface area contributed by atoms with Crippen molar-refractivity contribution in [1.82, 2.24) is 10.2 Å². The predicted molar refractivity (Wildman–Crippen MR) is 124 cm³/mol. The van der Waals surface area contributed by atoms with Gasteiger partial charge in [-0.15, -0.1) is 0 Å². The average molecular weight is 463 g/mol. The van der Waals surface area contributed by atoms with Gasteiger partial charge in [0.05, 0.1) is 6.54 Å². The van der Waals surface area contributed by atoms with Crippen molar-refractivity contribution in [3.05, 3.63) is 83.3 Å². The number of hydrogen-bond donors (Lipinski definition) is 2. The van der Waals surface area contributed by atoms with Gasteiger partial charge in [0.1, 0.15) is 18.4 Å². The smallest absolute Gasteiger partial charge is 0.407 e. The molecule has 0 fully saturated rings. The van der Waals surface area contributed by atoms with Gasteiger partial charge in [-0.05, 0) is 40.8 Å². The molecular weight excluding hydrogens is 436 g/mol. The minimum absolute atomic E-state index is 0.00605. The normalized spacial score (nSPS) is 13.0. The van der Waals surface area contributed by atoms with Crippen LogP contribution in [0.3, 0.4) is 0 Å². The molecule has 0 aliphatic heterocycles. The minimum Gasteiger partial charge on any atom is -0.480 e. The number of nitrogens with zero attached hydrogens (tertiary/aromatic N) is 1. The van der Waals surface area contributed by atoms with E-state index in [0.29, 0.717) is 5.76 Å². The van der Waals surface area contributed by atoms with Gasteiger partial charge in [0.25, 0.3) is 5.91 Å². The first kappa shape index (κ1) is 23.1. The van der Waals surface area contributed by atoms with Crippen molar-refractivity contribution < 1.29 is 28.6 Å². The van der Waals surface area contributed by atoms with E-state index in [1.807, 2.05) is 36.4 Å². The van der Waals surface area contributed by atoms with Crippen LogP contribution in [0.25, 0.3) is 11.1 Å². The number of nitrogens with one attached hydrogen (secondary N) is 1. The van der Waals surface area contributed by atoms with Gasteiger partial charge >= 0.3 is 12.1 Å². The Kier molecular flexibility index (Phi) is 6.67. The monoisotopic (exact) mass is 462 g/mol. The number of aliphatic carboxylic acids is 1. The molecular formula is C26H26N2O6. The first-order chi connectivity index (χ1) is 16.4. The van der Waals surface area contributed by atoms with E-state index < -0.39 is 24.0 Å². The molecule has 0 saturated heterocycles. The van der Waals surface area contributed by atoms with Crippen LogP contribution < -0.4 is 5.32 Å². The van der Waals surface area contributed by atoms with Gasteiger partial charge in [0.15, 0.2) is 5.76 Å². The summed E-state index contributed by atoms with van der Waals surface area (Å²) in [6.07, 6.45) is -0.325. The Morgan fingerprint density at radius 1 is 1.03 bits per heavy atom. The van der Waals surface area contributed by atoms with E-state index >= 15 is 0 Å². The van der Waals surface area contributed by atoms with Gasteiger partial charge in [-0.3, -0.25) is 4.79 Å². The lowest BCUT2D eigenvalue weighted by Crippen LogP contribution is -2.41. The first-order valence-corrected chi connectivity index (χ1v) is 11.1. The van der Waals surface area contributed by atoms with Gasteiger partial charge in [0, 0.05) is 13.0 Å². The zero-order valence-corrected chi connectivity index (χ0v) is 19.0. The number of rotatable bonds is 8. The second kappa shape index (κ2) is 9.82. The molecule has 1 aliphatic rings. The fourth-order valence-corrected chi connectivity index (χ4v) is 4.33. The zero-order valence-electron chi connectivity index (χ0n) is 19.0. The van der Waals surface area contributed by atoms with Crippen LogP contribution in [0, 0.1) is 0 Å². The molecule has 3 aromatic rings. The van der Waals surface area contributed by atoms with Gasteiger partial charge in [-0.25, -0.2) is 9.59 Å². The van der Waals surface area contributed by atoms with Crippen LogP contribution in [-0.4, -0.2) is 47.7 Å². The quantitative estimate of drug-likeness (QED) is 0.518. The van der Waals surface area contributed by atoms with E-state index in [0.717, 1.165) is 27.2 Å². The molecule has 0 spiro atoms. The molecule has 0 radical (unpaired) electrons. The van der Waals surface area contributed by atoms with E-state index in [1.165, 1.54) is 13.1 Å². The minimum atomic E-state index is -1.08. The Morgan fingerprint density at radius 3 is 2.24 bits per heavy atom. The number of fused-ring (bicyclic) bond motifs is 3. The highest BCUT2D eigenvalue weighted by molar-refractivity contribution is 5.94. The fraction of sp³-hybridized carbons (Fsp3) is 0.269. The van der Waals surface area contributed by atoms with Crippen LogP contribution in [0.4, 0.5) is 4.79 Å². The summed E-state index contributed by atoms with van der Waals surface area (Å²) in [6.45, 7) is 1.92. The zero-order chi connectivity index (χ0) is 24.2. The summed E-state index contributed by atoms with van der Waals surface area (Å²) < 4.78 is 11.0. The van der Waals surface area contributed by atoms with Gasteiger partial charge in [-0.1, -0.05) is 55.5 Å². The number of carbonyl (C=O) groups excluding carboxylic acids is 2. The summed E-state index contributed by atoms with van der Waals surface area (Å²) in [5, 5.41) is 11.9. The number of likely N-dealkylation sites (N-methyl/N-ethyl adjacent to an activating group) is 1. The SMILES string of the molecule is CCC(C(=O)O)N(C)C(=O)c1ccc(CNC(=O)OCC2c3ccccc3-c3ccccc32)o1. The molecule has 176 valence electrons. The van der Waals surface area contributed by atoms with Crippen LogP contribution in [0.2, 0.25) is 0 Å². The molecule has 0 bridgehead atoms. The number of amides is 2. The summed E-state index contributed by atoms with van der Waals surface area (Å²) in [5.74, 6) is -1.30. The Morgan fingerprint density at radius 2 is 1.65 bits per heavy atom. The van der Waals surface area contributed by atoms with Crippen LogP contribution in [-0.2, 0) is 16.1 Å². The third-order valence-corrected chi connectivity index (χ3v) is 6.08. The first-order valence-electron chi connectivity index (χ1n) is 11.1. The fourth-order valence-electron chi connectivity index (χ4n) is 4.33. The van der Waals surface area contributed by atoms with E-state index in [9.17, 15) is 19.5 Å². The van der Waals surface area contributed by atoms with Crippen molar-refractivity contribution in [2.24, 2.45) is 0 Å². The van der Waals surface area contributed by atoms with Crippen LogP contribution in [0.15, 0.2) is 65.1 Å².